The largest absolute Gasteiger partial charge is 0.468 e. The van der Waals surface area contributed by atoms with Gasteiger partial charge < -0.3 is 10.1 Å². The highest BCUT2D eigenvalue weighted by Gasteiger charge is 2.06. The van der Waals surface area contributed by atoms with Crippen LogP contribution in [0, 0.1) is 0 Å². The van der Waals surface area contributed by atoms with Crippen LogP contribution in [0.4, 0.5) is 0 Å². The van der Waals surface area contributed by atoms with Gasteiger partial charge in [-0.2, -0.15) is 25.3 Å². The zero-order valence-corrected chi connectivity index (χ0v) is 11.9. The number of carbonyl (C=O) groups excluding carboxylic acids is 2. The summed E-state index contributed by atoms with van der Waals surface area (Å²) in [4.78, 5) is 22.0. The van der Waals surface area contributed by atoms with E-state index in [1.165, 1.54) is 7.11 Å². The maximum absolute atomic E-state index is 11.3. The topological polar surface area (TPSA) is 55.4 Å². The Balaban J connectivity index is 3.42. The molecular formula is C11H21NO3S2. The summed E-state index contributed by atoms with van der Waals surface area (Å²) >= 11 is 8.54. The quantitative estimate of drug-likeness (QED) is 0.340. The number of methoxy groups -OCH3 is 1. The highest BCUT2D eigenvalue weighted by molar-refractivity contribution is 7.81. The number of nitrogens with one attached hydrogen (secondary N) is 1. The van der Waals surface area contributed by atoms with Gasteiger partial charge in [-0.1, -0.05) is 6.42 Å². The number of amides is 1. The highest BCUT2D eigenvalue weighted by Crippen LogP contribution is 2.12. The standard InChI is InChI=1S/C11H21NO3S2/c1-15-11(14)8-12-10(13)5-3-2-4-9(17)6-7-16/h9,16-17H,2-8H2,1H3,(H,12,13)/t9-/m1/s1. The van der Waals surface area contributed by atoms with E-state index in [1.54, 1.807) is 0 Å². The van der Waals surface area contributed by atoms with Crippen LogP contribution in [-0.4, -0.2) is 36.5 Å². The monoisotopic (exact) mass is 279 g/mol. The first-order chi connectivity index (χ1) is 8.10. The molecular weight excluding hydrogens is 258 g/mol. The van der Waals surface area contributed by atoms with Crippen molar-refractivity contribution in [2.45, 2.75) is 37.4 Å². The lowest BCUT2D eigenvalue weighted by molar-refractivity contribution is -0.141. The van der Waals surface area contributed by atoms with Gasteiger partial charge in [-0.25, -0.2) is 0 Å². The molecule has 17 heavy (non-hydrogen) atoms. The summed E-state index contributed by atoms with van der Waals surface area (Å²) < 4.78 is 4.41. The van der Waals surface area contributed by atoms with Crippen molar-refractivity contribution in [1.29, 1.82) is 0 Å². The second-order valence-corrected chi connectivity index (χ2v) is 4.94. The molecule has 0 rings (SSSR count). The van der Waals surface area contributed by atoms with Gasteiger partial charge in [-0.3, -0.25) is 9.59 Å². The van der Waals surface area contributed by atoms with E-state index in [0.717, 1.165) is 31.4 Å². The molecule has 0 heterocycles. The van der Waals surface area contributed by atoms with Crippen LogP contribution in [0.5, 0.6) is 0 Å². The molecule has 0 bridgehead atoms. The van der Waals surface area contributed by atoms with Crippen molar-refractivity contribution in [3.8, 4) is 0 Å². The molecule has 4 nitrogen and oxygen atoms in total. The Labute approximate surface area is 114 Å². The van der Waals surface area contributed by atoms with Crippen LogP contribution in [0.25, 0.3) is 0 Å². The van der Waals surface area contributed by atoms with Crippen molar-refractivity contribution in [3.05, 3.63) is 0 Å². The van der Waals surface area contributed by atoms with Gasteiger partial charge in [0.25, 0.3) is 0 Å². The third-order valence-electron chi connectivity index (χ3n) is 2.31. The normalized spacial score (nSPS) is 11.9. The van der Waals surface area contributed by atoms with Crippen LogP contribution in [0.2, 0.25) is 0 Å². The first kappa shape index (κ1) is 16.6. The van der Waals surface area contributed by atoms with Gasteiger partial charge in [0.2, 0.25) is 5.91 Å². The van der Waals surface area contributed by atoms with E-state index in [2.05, 4.69) is 35.3 Å². The zero-order valence-electron chi connectivity index (χ0n) is 10.1. The van der Waals surface area contributed by atoms with E-state index in [0.29, 0.717) is 11.7 Å². The third kappa shape index (κ3) is 10.5. The minimum absolute atomic E-state index is 0.0514. The van der Waals surface area contributed by atoms with E-state index < -0.39 is 5.97 Å². The van der Waals surface area contributed by atoms with Gasteiger partial charge in [0.1, 0.15) is 6.54 Å². The van der Waals surface area contributed by atoms with Crippen LogP contribution in [0.1, 0.15) is 32.1 Å². The molecule has 1 amide bonds. The fraction of sp³-hybridized carbons (Fsp3) is 0.818. The number of hydrogen-bond acceptors (Lipinski definition) is 5. The molecule has 100 valence electrons. The Morgan fingerprint density at radius 2 is 2.00 bits per heavy atom. The Hall–Kier alpha value is -0.360. The summed E-state index contributed by atoms with van der Waals surface area (Å²) in [5, 5.41) is 2.87. The molecule has 0 fully saturated rings. The fourth-order valence-corrected chi connectivity index (χ4v) is 2.12. The van der Waals surface area contributed by atoms with Crippen LogP contribution < -0.4 is 5.32 Å². The van der Waals surface area contributed by atoms with Crippen LogP contribution in [-0.2, 0) is 14.3 Å². The number of carbonyl (C=O) groups is 2. The lowest BCUT2D eigenvalue weighted by Crippen LogP contribution is -2.29. The molecule has 0 aliphatic rings. The minimum atomic E-state index is -0.428. The highest BCUT2D eigenvalue weighted by atomic mass is 32.1. The van der Waals surface area contributed by atoms with Gasteiger partial charge in [0, 0.05) is 11.7 Å². The van der Waals surface area contributed by atoms with Crippen LogP contribution in [0.3, 0.4) is 0 Å². The average Bonchev–Trinajstić information content (AvgIpc) is 2.32. The van der Waals surface area contributed by atoms with Gasteiger partial charge in [0.05, 0.1) is 7.11 Å². The summed E-state index contributed by atoms with van der Waals surface area (Å²) in [6.07, 6.45) is 4.21. The molecule has 0 aromatic heterocycles. The summed E-state index contributed by atoms with van der Waals surface area (Å²) in [5.41, 5.74) is 0. The predicted molar refractivity (Wildman–Crippen MR) is 74.7 cm³/mol. The Morgan fingerprint density at radius 1 is 1.29 bits per heavy atom. The Bertz CT molecular complexity index is 237. The van der Waals surface area contributed by atoms with Crippen molar-refractivity contribution in [2.75, 3.05) is 19.4 Å². The molecule has 0 saturated carbocycles. The van der Waals surface area contributed by atoms with Crippen molar-refractivity contribution in [1.82, 2.24) is 5.32 Å². The smallest absolute Gasteiger partial charge is 0.325 e. The number of ether oxygens (including phenoxy) is 1. The molecule has 0 aromatic carbocycles. The number of esters is 1. The Kier molecular flexibility index (Phi) is 10.5. The number of rotatable bonds is 9. The first-order valence-corrected chi connectivity index (χ1v) is 6.87. The zero-order chi connectivity index (χ0) is 13.1. The predicted octanol–water partition coefficient (Wildman–Crippen LogP) is 1.45. The van der Waals surface area contributed by atoms with Crippen molar-refractivity contribution in [2.24, 2.45) is 0 Å². The van der Waals surface area contributed by atoms with Gasteiger partial charge in [0.15, 0.2) is 0 Å². The van der Waals surface area contributed by atoms with Crippen molar-refractivity contribution >= 4 is 37.1 Å². The van der Waals surface area contributed by atoms with Gasteiger partial charge >= 0.3 is 5.97 Å². The summed E-state index contributed by atoms with van der Waals surface area (Å²) in [7, 11) is 1.29. The van der Waals surface area contributed by atoms with E-state index in [1.807, 2.05) is 0 Å². The summed E-state index contributed by atoms with van der Waals surface area (Å²) in [6, 6.07) is 0. The number of hydrogen-bond donors (Lipinski definition) is 3. The molecule has 0 spiro atoms. The molecule has 0 unspecified atom stereocenters. The number of unbranched alkanes of at least 4 members (excludes halogenated alkanes) is 1. The summed E-state index contributed by atoms with van der Waals surface area (Å²) in [5.74, 6) is 0.302. The first-order valence-electron chi connectivity index (χ1n) is 5.72. The fourth-order valence-electron chi connectivity index (χ4n) is 1.29. The van der Waals surface area contributed by atoms with E-state index in [-0.39, 0.29) is 12.5 Å². The summed E-state index contributed by atoms with van der Waals surface area (Å²) in [6.45, 7) is -0.0514. The molecule has 0 aliphatic heterocycles. The molecule has 6 heteroatoms. The molecule has 0 radical (unpaired) electrons. The van der Waals surface area contributed by atoms with Gasteiger partial charge in [-0.15, -0.1) is 0 Å². The van der Waals surface area contributed by atoms with Crippen LogP contribution in [0.15, 0.2) is 0 Å². The minimum Gasteiger partial charge on any atom is -0.468 e. The lowest BCUT2D eigenvalue weighted by atomic mass is 10.1. The SMILES string of the molecule is COC(=O)CNC(=O)CCCC[C@@H](S)CCS. The molecule has 0 aliphatic carbocycles. The maximum Gasteiger partial charge on any atom is 0.325 e. The molecule has 1 N–H and O–H groups in total. The lowest BCUT2D eigenvalue weighted by Gasteiger charge is -2.08. The third-order valence-corrected chi connectivity index (χ3v) is 3.09. The molecule has 0 saturated heterocycles. The molecule has 1 atom stereocenters. The average molecular weight is 279 g/mol. The van der Waals surface area contributed by atoms with E-state index in [4.69, 9.17) is 0 Å². The van der Waals surface area contributed by atoms with Crippen molar-refractivity contribution < 1.29 is 14.3 Å². The maximum atomic E-state index is 11.3. The Morgan fingerprint density at radius 3 is 2.59 bits per heavy atom. The van der Waals surface area contributed by atoms with Crippen LogP contribution >= 0.6 is 25.3 Å². The van der Waals surface area contributed by atoms with Gasteiger partial charge in [-0.05, 0) is 25.0 Å². The van der Waals surface area contributed by atoms with Crippen molar-refractivity contribution in [3.63, 3.8) is 0 Å². The molecule has 0 aromatic rings. The van der Waals surface area contributed by atoms with E-state index >= 15 is 0 Å². The number of thiol groups is 2. The van der Waals surface area contributed by atoms with E-state index in [9.17, 15) is 9.59 Å². The second kappa shape index (κ2) is 10.8. The second-order valence-electron chi connectivity index (χ2n) is 3.76.